The van der Waals surface area contributed by atoms with E-state index in [1.165, 1.54) is 32.1 Å². The topological polar surface area (TPSA) is 52.3 Å². The van der Waals surface area contributed by atoms with Crippen LogP contribution < -0.4 is 5.73 Å². The van der Waals surface area contributed by atoms with Crippen LogP contribution in [0.25, 0.3) is 0 Å². The zero-order valence-electron chi connectivity index (χ0n) is 15.1. The molecule has 132 valence electrons. The van der Waals surface area contributed by atoms with Gasteiger partial charge in [-0.3, -0.25) is 4.79 Å². The van der Waals surface area contributed by atoms with Crippen molar-refractivity contribution in [2.75, 3.05) is 0 Å². The Kier molecular flexibility index (Phi) is 3.13. The highest BCUT2D eigenvalue weighted by atomic mass is 16.6. The molecule has 1 spiro atoms. The molecule has 8 atom stereocenters. The van der Waals surface area contributed by atoms with E-state index in [1.54, 1.807) is 5.57 Å². The SMILES string of the molecule is CC1OC(=O)[C@]23CC[C@H]4[C@@H](CC=C5C[C@@H](N)CC[C@@]54C)[C@@H]2CC[C@H]13. The number of allylic oxidation sites excluding steroid dienone is 1. The van der Waals surface area contributed by atoms with Gasteiger partial charge in [0.25, 0.3) is 0 Å². The van der Waals surface area contributed by atoms with Gasteiger partial charge in [0.1, 0.15) is 6.10 Å². The van der Waals surface area contributed by atoms with Gasteiger partial charge >= 0.3 is 5.97 Å². The average Bonchev–Trinajstić information content (AvgIpc) is 3.05. The van der Waals surface area contributed by atoms with Crippen LogP contribution >= 0.6 is 0 Å². The zero-order valence-corrected chi connectivity index (χ0v) is 15.1. The lowest BCUT2D eigenvalue weighted by molar-refractivity contribution is -0.156. The summed E-state index contributed by atoms with van der Waals surface area (Å²) in [5.74, 6) is 2.62. The second-order valence-electron chi connectivity index (χ2n) is 9.64. The summed E-state index contributed by atoms with van der Waals surface area (Å²) < 4.78 is 5.74. The molecule has 5 rings (SSSR count). The lowest BCUT2D eigenvalue weighted by atomic mass is 9.47. The van der Waals surface area contributed by atoms with Gasteiger partial charge in [0.15, 0.2) is 0 Å². The number of fused-ring (bicyclic) bond motifs is 4. The van der Waals surface area contributed by atoms with Crippen LogP contribution in [0, 0.1) is 34.5 Å². The van der Waals surface area contributed by atoms with E-state index in [4.69, 9.17) is 10.5 Å². The Bertz CT molecular complexity index is 613. The Morgan fingerprint density at radius 3 is 2.75 bits per heavy atom. The van der Waals surface area contributed by atoms with Crippen LogP contribution in [0.3, 0.4) is 0 Å². The minimum atomic E-state index is -0.132. The van der Waals surface area contributed by atoms with E-state index in [2.05, 4.69) is 19.9 Å². The van der Waals surface area contributed by atoms with E-state index in [1.807, 2.05) is 0 Å². The largest absolute Gasteiger partial charge is 0.462 e. The number of nitrogens with two attached hydrogens (primary N) is 1. The summed E-state index contributed by atoms with van der Waals surface area (Å²) in [4.78, 5) is 12.8. The van der Waals surface area contributed by atoms with Crippen molar-refractivity contribution in [1.82, 2.24) is 0 Å². The summed E-state index contributed by atoms with van der Waals surface area (Å²) in [6.07, 6.45) is 12.0. The smallest absolute Gasteiger partial charge is 0.313 e. The van der Waals surface area contributed by atoms with E-state index in [-0.39, 0.29) is 17.5 Å². The van der Waals surface area contributed by atoms with Crippen LogP contribution in [0.15, 0.2) is 11.6 Å². The number of hydrogen-bond acceptors (Lipinski definition) is 3. The molecule has 0 bridgehead atoms. The molecular formula is C21H31NO2. The second-order valence-corrected chi connectivity index (χ2v) is 9.64. The molecular weight excluding hydrogens is 298 g/mol. The van der Waals surface area contributed by atoms with Gasteiger partial charge in [-0.1, -0.05) is 18.6 Å². The molecule has 4 aliphatic carbocycles. The third kappa shape index (κ3) is 1.70. The van der Waals surface area contributed by atoms with E-state index >= 15 is 0 Å². The van der Waals surface area contributed by atoms with Crippen LogP contribution in [0.5, 0.6) is 0 Å². The lowest BCUT2D eigenvalue weighted by Gasteiger charge is -2.57. The fourth-order valence-corrected chi connectivity index (χ4v) is 7.83. The second kappa shape index (κ2) is 4.87. The number of carbonyl (C=O) groups is 1. The molecule has 4 fully saturated rings. The standard InChI is InChI=1S/C21H31NO2/c1-12-16-5-6-18-15-4-3-13-11-14(22)7-9-20(13,2)17(15)8-10-21(16,18)19(23)24-12/h3,12,14-18H,4-11,22H2,1-2H3/t12?,14-,15+,16+,17-,18-,20-,21-/m0/s1. The molecule has 2 N–H and O–H groups in total. The monoisotopic (exact) mass is 329 g/mol. The van der Waals surface area contributed by atoms with Crippen molar-refractivity contribution in [1.29, 1.82) is 0 Å². The summed E-state index contributed by atoms with van der Waals surface area (Å²) in [7, 11) is 0. The molecule has 1 heterocycles. The van der Waals surface area contributed by atoms with Gasteiger partial charge < -0.3 is 10.5 Å². The molecule has 3 nitrogen and oxygen atoms in total. The van der Waals surface area contributed by atoms with Crippen molar-refractivity contribution in [3.8, 4) is 0 Å². The Morgan fingerprint density at radius 1 is 1.12 bits per heavy atom. The predicted octanol–water partition coefficient (Wildman–Crippen LogP) is 3.82. The maximum Gasteiger partial charge on any atom is 0.313 e. The van der Waals surface area contributed by atoms with E-state index in [9.17, 15) is 4.79 Å². The quantitative estimate of drug-likeness (QED) is 0.543. The number of carbonyl (C=O) groups excluding carboxylic acids is 1. The molecule has 1 unspecified atom stereocenters. The molecule has 0 aromatic heterocycles. The summed E-state index contributed by atoms with van der Waals surface area (Å²) >= 11 is 0. The molecule has 0 aromatic rings. The Morgan fingerprint density at radius 2 is 1.92 bits per heavy atom. The van der Waals surface area contributed by atoms with Crippen molar-refractivity contribution in [2.24, 2.45) is 40.2 Å². The van der Waals surface area contributed by atoms with Gasteiger partial charge in [0.05, 0.1) is 5.41 Å². The Labute approximate surface area is 145 Å². The minimum absolute atomic E-state index is 0.132. The fourth-order valence-electron chi connectivity index (χ4n) is 7.83. The highest BCUT2D eigenvalue weighted by molar-refractivity contribution is 5.81. The van der Waals surface area contributed by atoms with Crippen LogP contribution in [-0.4, -0.2) is 18.1 Å². The first-order valence-electron chi connectivity index (χ1n) is 10.1. The van der Waals surface area contributed by atoms with Crippen LogP contribution in [0.1, 0.15) is 65.2 Å². The molecule has 3 heteroatoms. The van der Waals surface area contributed by atoms with Gasteiger partial charge in [-0.05, 0) is 81.5 Å². The van der Waals surface area contributed by atoms with Crippen LogP contribution in [-0.2, 0) is 9.53 Å². The van der Waals surface area contributed by atoms with Gasteiger partial charge in [-0.2, -0.15) is 0 Å². The average molecular weight is 329 g/mol. The highest BCUT2D eigenvalue weighted by Crippen LogP contribution is 2.68. The first kappa shape index (κ1) is 15.4. The van der Waals surface area contributed by atoms with Crippen LogP contribution in [0.2, 0.25) is 0 Å². The zero-order chi connectivity index (χ0) is 16.7. The predicted molar refractivity (Wildman–Crippen MR) is 93.0 cm³/mol. The number of ether oxygens (including phenoxy) is 1. The van der Waals surface area contributed by atoms with E-state index in [0.29, 0.717) is 29.2 Å². The third-order valence-electron chi connectivity index (χ3n) is 8.96. The molecule has 3 saturated carbocycles. The number of cyclic esters (lactones) is 1. The highest BCUT2D eigenvalue weighted by Gasteiger charge is 2.68. The summed E-state index contributed by atoms with van der Waals surface area (Å²) in [5.41, 5.74) is 8.10. The fraction of sp³-hybridized carbons (Fsp3) is 0.857. The van der Waals surface area contributed by atoms with Gasteiger partial charge in [-0.25, -0.2) is 0 Å². The molecule has 5 aliphatic rings. The number of hydrogen-bond donors (Lipinski definition) is 1. The maximum atomic E-state index is 12.8. The van der Waals surface area contributed by atoms with E-state index in [0.717, 1.165) is 25.2 Å². The van der Waals surface area contributed by atoms with E-state index < -0.39 is 0 Å². The summed E-state index contributed by atoms with van der Waals surface area (Å²) in [6.45, 7) is 4.62. The minimum Gasteiger partial charge on any atom is -0.462 e. The molecule has 0 radical (unpaired) electrons. The van der Waals surface area contributed by atoms with Crippen molar-refractivity contribution in [3.05, 3.63) is 11.6 Å². The summed E-state index contributed by atoms with van der Waals surface area (Å²) in [6, 6.07) is 0.359. The molecule has 1 aliphatic heterocycles. The first-order valence-corrected chi connectivity index (χ1v) is 10.1. The van der Waals surface area contributed by atoms with Crippen molar-refractivity contribution < 1.29 is 9.53 Å². The Balaban J connectivity index is 1.52. The maximum absolute atomic E-state index is 12.8. The Hall–Kier alpha value is -0.830. The number of rotatable bonds is 0. The lowest BCUT2D eigenvalue weighted by Crippen LogP contribution is -2.53. The van der Waals surface area contributed by atoms with Crippen molar-refractivity contribution in [2.45, 2.75) is 77.4 Å². The molecule has 24 heavy (non-hydrogen) atoms. The van der Waals surface area contributed by atoms with Gasteiger partial charge in [-0.15, -0.1) is 0 Å². The van der Waals surface area contributed by atoms with Gasteiger partial charge in [0, 0.05) is 12.0 Å². The summed E-state index contributed by atoms with van der Waals surface area (Å²) in [5, 5.41) is 0. The molecule has 0 aromatic carbocycles. The van der Waals surface area contributed by atoms with Gasteiger partial charge in [0.2, 0.25) is 0 Å². The normalized spacial score (nSPS) is 55.8. The van der Waals surface area contributed by atoms with Crippen molar-refractivity contribution in [3.63, 3.8) is 0 Å². The van der Waals surface area contributed by atoms with Crippen molar-refractivity contribution >= 4 is 5.97 Å². The third-order valence-corrected chi connectivity index (χ3v) is 8.96. The van der Waals surface area contributed by atoms with Crippen LogP contribution in [0.4, 0.5) is 0 Å². The first-order chi connectivity index (χ1) is 11.5. The molecule has 1 saturated heterocycles. The number of esters is 1. The molecule has 0 amide bonds.